The molecule has 172 valence electrons. The Labute approximate surface area is 194 Å². The first-order chi connectivity index (χ1) is 15.2. The first-order valence-electron chi connectivity index (χ1n) is 10.6. The molecular formula is C23H28ClN3O4S. The molecule has 32 heavy (non-hydrogen) atoms. The number of carbonyl (C=O) groups is 2. The molecule has 1 heterocycles. The summed E-state index contributed by atoms with van der Waals surface area (Å²) in [6, 6.07) is 11.7. The van der Waals surface area contributed by atoms with Crippen molar-refractivity contribution < 1.29 is 18.0 Å². The summed E-state index contributed by atoms with van der Waals surface area (Å²) < 4.78 is 28.3. The van der Waals surface area contributed by atoms with E-state index in [4.69, 9.17) is 11.6 Å². The summed E-state index contributed by atoms with van der Waals surface area (Å²) in [5, 5.41) is 5.54. The van der Waals surface area contributed by atoms with Crippen LogP contribution in [0.1, 0.15) is 36.8 Å². The molecule has 0 unspecified atom stereocenters. The third kappa shape index (κ3) is 5.88. The van der Waals surface area contributed by atoms with E-state index in [1.54, 1.807) is 41.6 Å². The summed E-state index contributed by atoms with van der Waals surface area (Å²) >= 11 is 5.88. The van der Waals surface area contributed by atoms with E-state index in [9.17, 15) is 18.0 Å². The Hall–Kier alpha value is -2.42. The maximum absolute atomic E-state index is 13.4. The second-order valence-electron chi connectivity index (χ2n) is 8.04. The molecule has 2 amide bonds. The fraction of sp³-hybridized carbons (Fsp3) is 0.391. The number of nitrogens with zero attached hydrogens (tertiary/aromatic N) is 1. The first kappa shape index (κ1) is 24.2. The molecule has 7 nitrogen and oxygen atoms in total. The first-order valence-corrected chi connectivity index (χ1v) is 12.4. The molecule has 1 aliphatic heterocycles. The van der Waals surface area contributed by atoms with Crippen molar-refractivity contribution in [3.05, 3.63) is 58.6 Å². The molecule has 3 rings (SSSR count). The highest BCUT2D eigenvalue weighted by molar-refractivity contribution is 7.89. The van der Waals surface area contributed by atoms with Crippen molar-refractivity contribution in [1.29, 1.82) is 0 Å². The number of carbonyl (C=O) groups excluding carboxylic acids is 2. The van der Waals surface area contributed by atoms with E-state index in [1.165, 1.54) is 0 Å². The molecule has 0 saturated carbocycles. The number of piperidine rings is 1. The SMILES string of the molecule is Cc1ccc(C)c(S(=O)(=O)N2CCCC[C@H]2CCNC(=O)C(=O)Nc2cccc(Cl)c2)c1. The molecular weight excluding hydrogens is 450 g/mol. The van der Waals surface area contributed by atoms with Crippen LogP contribution in [0.4, 0.5) is 5.69 Å². The van der Waals surface area contributed by atoms with Crippen LogP contribution in [0.5, 0.6) is 0 Å². The van der Waals surface area contributed by atoms with Crippen LogP contribution >= 0.6 is 11.6 Å². The largest absolute Gasteiger partial charge is 0.348 e. The molecule has 0 bridgehead atoms. The standard InChI is InChI=1S/C23H28ClN3O4S/c1-16-9-10-17(2)21(14-16)32(30,31)27-13-4-3-8-20(27)11-12-25-22(28)23(29)26-19-7-5-6-18(24)15-19/h5-7,9-10,14-15,20H,3-4,8,11-13H2,1-2H3,(H,25,28)(H,26,29)/t20-/m0/s1. The van der Waals surface area contributed by atoms with Gasteiger partial charge in [0.25, 0.3) is 0 Å². The van der Waals surface area contributed by atoms with Gasteiger partial charge in [-0.1, -0.05) is 36.2 Å². The summed E-state index contributed by atoms with van der Waals surface area (Å²) in [4.78, 5) is 24.6. The Morgan fingerprint density at radius 2 is 1.88 bits per heavy atom. The lowest BCUT2D eigenvalue weighted by Gasteiger charge is -2.35. The van der Waals surface area contributed by atoms with E-state index >= 15 is 0 Å². The lowest BCUT2D eigenvalue weighted by atomic mass is 10.0. The summed E-state index contributed by atoms with van der Waals surface area (Å²) in [5.41, 5.74) is 2.03. The fourth-order valence-corrected chi connectivity index (χ4v) is 6.10. The highest BCUT2D eigenvalue weighted by Crippen LogP contribution is 2.29. The lowest BCUT2D eigenvalue weighted by molar-refractivity contribution is -0.136. The molecule has 1 aliphatic rings. The van der Waals surface area contributed by atoms with Crippen molar-refractivity contribution in [2.75, 3.05) is 18.4 Å². The van der Waals surface area contributed by atoms with Gasteiger partial charge in [-0.15, -0.1) is 0 Å². The Bertz CT molecular complexity index is 1100. The van der Waals surface area contributed by atoms with E-state index in [2.05, 4.69) is 10.6 Å². The second-order valence-corrected chi connectivity index (χ2v) is 10.3. The molecule has 1 fully saturated rings. The second kappa shape index (κ2) is 10.5. The van der Waals surface area contributed by atoms with Crippen molar-refractivity contribution >= 4 is 39.1 Å². The number of aryl methyl sites for hydroxylation is 2. The summed E-state index contributed by atoms with van der Waals surface area (Å²) in [6.07, 6.45) is 2.87. The van der Waals surface area contributed by atoms with E-state index in [0.29, 0.717) is 40.6 Å². The number of rotatable bonds is 6. The summed E-state index contributed by atoms with van der Waals surface area (Å²) in [6.45, 7) is 4.31. The van der Waals surface area contributed by atoms with Crippen molar-refractivity contribution in [2.45, 2.75) is 50.5 Å². The number of sulfonamides is 1. The van der Waals surface area contributed by atoms with Gasteiger partial charge < -0.3 is 10.6 Å². The van der Waals surface area contributed by atoms with Crippen LogP contribution in [0.3, 0.4) is 0 Å². The number of hydrogen-bond donors (Lipinski definition) is 2. The van der Waals surface area contributed by atoms with E-state index in [1.807, 2.05) is 19.1 Å². The van der Waals surface area contributed by atoms with Gasteiger partial charge in [-0.3, -0.25) is 9.59 Å². The van der Waals surface area contributed by atoms with Crippen LogP contribution in [-0.4, -0.2) is 43.7 Å². The lowest BCUT2D eigenvalue weighted by Crippen LogP contribution is -2.46. The van der Waals surface area contributed by atoms with E-state index < -0.39 is 21.8 Å². The van der Waals surface area contributed by atoms with Crippen LogP contribution in [0, 0.1) is 13.8 Å². The van der Waals surface area contributed by atoms with Crippen LogP contribution < -0.4 is 10.6 Å². The van der Waals surface area contributed by atoms with Crippen LogP contribution in [-0.2, 0) is 19.6 Å². The molecule has 2 aromatic rings. The van der Waals surface area contributed by atoms with Gasteiger partial charge in [-0.05, 0) is 68.5 Å². The zero-order chi connectivity index (χ0) is 23.3. The molecule has 0 spiro atoms. The maximum Gasteiger partial charge on any atom is 0.313 e. The fourth-order valence-electron chi connectivity index (χ4n) is 3.88. The number of anilines is 1. The molecule has 0 aliphatic carbocycles. The number of nitrogens with one attached hydrogen (secondary N) is 2. The predicted octanol–water partition coefficient (Wildman–Crippen LogP) is 3.65. The third-order valence-corrected chi connectivity index (χ3v) is 7.88. The molecule has 0 radical (unpaired) electrons. The zero-order valence-electron chi connectivity index (χ0n) is 18.2. The topological polar surface area (TPSA) is 95.6 Å². The van der Waals surface area contributed by atoms with Gasteiger partial charge in [0.15, 0.2) is 0 Å². The van der Waals surface area contributed by atoms with Gasteiger partial charge in [-0.25, -0.2) is 8.42 Å². The van der Waals surface area contributed by atoms with E-state index in [-0.39, 0.29) is 12.6 Å². The Balaban J connectivity index is 1.61. The highest BCUT2D eigenvalue weighted by atomic mass is 35.5. The number of hydrogen-bond acceptors (Lipinski definition) is 4. The number of halogens is 1. The van der Waals surface area contributed by atoms with Crippen molar-refractivity contribution in [2.24, 2.45) is 0 Å². The molecule has 2 N–H and O–H groups in total. The quantitative estimate of drug-likeness (QED) is 0.621. The maximum atomic E-state index is 13.4. The minimum atomic E-state index is -3.65. The van der Waals surface area contributed by atoms with Gasteiger partial charge in [0.1, 0.15) is 0 Å². The monoisotopic (exact) mass is 477 g/mol. The normalized spacial score (nSPS) is 17.0. The Morgan fingerprint density at radius 1 is 1.09 bits per heavy atom. The molecule has 1 saturated heterocycles. The Morgan fingerprint density at radius 3 is 2.62 bits per heavy atom. The Kier molecular flexibility index (Phi) is 7.92. The zero-order valence-corrected chi connectivity index (χ0v) is 19.8. The average Bonchev–Trinajstić information content (AvgIpc) is 2.75. The van der Waals surface area contributed by atoms with Crippen LogP contribution in [0.15, 0.2) is 47.4 Å². The molecule has 9 heteroatoms. The van der Waals surface area contributed by atoms with E-state index in [0.717, 1.165) is 18.4 Å². The van der Waals surface area contributed by atoms with Crippen molar-refractivity contribution in [3.63, 3.8) is 0 Å². The summed E-state index contributed by atoms with van der Waals surface area (Å²) in [7, 11) is -3.65. The van der Waals surface area contributed by atoms with Gasteiger partial charge in [-0.2, -0.15) is 4.31 Å². The van der Waals surface area contributed by atoms with Gasteiger partial charge in [0, 0.05) is 29.8 Å². The van der Waals surface area contributed by atoms with Gasteiger partial charge >= 0.3 is 11.8 Å². The molecule has 2 aromatic carbocycles. The molecule has 1 atom stereocenters. The third-order valence-electron chi connectivity index (χ3n) is 5.56. The van der Waals surface area contributed by atoms with Gasteiger partial charge in [0.05, 0.1) is 4.90 Å². The minimum Gasteiger partial charge on any atom is -0.348 e. The van der Waals surface area contributed by atoms with Gasteiger partial charge in [0.2, 0.25) is 10.0 Å². The van der Waals surface area contributed by atoms with Crippen molar-refractivity contribution in [3.8, 4) is 0 Å². The molecule has 0 aromatic heterocycles. The number of benzene rings is 2. The van der Waals surface area contributed by atoms with Crippen molar-refractivity contribution in [1.82, 2.24) is 9.62 Å². The smallest absolute Gasteiger partial charge is 0.313 e. The van der Waals surface area contributed by atoms with Crippen LogP contribution in [0.25, 0.3) is 0 Å². The minimum absolute atomic E-state index is 0.200. The predicted molar refractivity (Wildman–Crippen MR) is 125 cm³/mol. The average molecular weight is 478 g/mol. The van der Waals surface area contributed by atoms with Crippen LogP contribution in [0.2, 0.25) is 5.02 Å². The number of amides is 2. The summed E-state index contributed by atoms with van der Waals surface area (Å²) in [5.74, 6) is -1.57. The highest BCUT2D eigenvalue weighted by Gasteiger charge is 2.34.